The number of hydrogen-bond donors (Lipinski definition) is 1. The van der Waals surface area contributed by atoms with Crippen LogP contribution in [0.15, 0.2) is 77.2 Å². The number of H-pyrrole nitrogens is 1. The highest BCUT2D eigenvalue weighted by Gasteiger charge is 2.13. The van der Waals surface area contributed by atoms with Crippen molar-refractivity contribution in [2.24, 2.45) is 0 Å². The average Bonchev–Trinajstić information content (AvgIpc) is 3.42. The summed E-state index contributed by atoms with van der Waals surface area (Å²) >= 11 is 5.26. The highest BCUT2D eigenvalue weighted by Crippen LogP contribution is 2.25. The summed E-state index contributed by atoms with van der Waals surface area (Å²) in [6, 6.07) is 22.5. The third-order valence-corrected chi connectivity index (χ3v) is 5.50. The zero-order valence-electron chi connectivity index (χ0n) is 18.1. The highest BCUT2D eigenvalue weighted by atomic mass is 32.1. The maximum atomic E-state index is 12.8. The number of carbonyl (C=O) groups is 1. The first-order valence-electron chi connectivity index (χ1n) is 10.4. The molecule has 0 aliphatic carbocycles. The standard InChI is InChI=1S/C25H21N5O2S/c1-29(2)15-30-25(33)32-24(28-30)18-10-8-17(9-11-18)23-26-20-13-12-19(14-21(20)27-23)22(31)16-6-4-3-5-7-16/h3-14H,15H2,1-2H3,(H,26,27). The summed E-state index contributed by atoms with van der Waals surface area (Å²) in [5.74, 6) is 1.18. The van der Waals surface area contributed by atoms with Gasteiger partial charge in [-0.1, -0.05) is 42.5 Å². The van der Waals surface area contributed by atoms with Crippen LogP contribution in [0.2, 0.25) is 0 Å². The fourth-order valence-electron chi connectivity index (χ4n) is 3.59. The summed E-state index contributed by atoms with van der Waals surface area (Å²) in [6.45, 7) is 0.550. The maximum Gasteiger partial charge on any atom is 0.288 e. The largest absolute Gasteiger partial charge is 0.409 e. The van der Waals surface area contributed by atoms with E-state index >= 15 is 0 Å². The van der Waals surface area contributed by atoms with Gasteiger partial charge in [-0.2, -0.15) is 0 Å². The molecule has 2 aromatic heterocycles. The molecule has 164 valence electrons. The number of nitrogens with zero attached hydrogens (tertiary/aromatic N) is 4. The Balaban J connectivity index is 1.41. The van der Waals surface area contributed by atoms with Gasteiger partial charge in [0.05, 0.1) is 17.7 Å². The van der Waals surface area contributed by atoms with E-state index in [1.807, 2.05) is 91.8 Å². The summed E-state index contributed by atoms with van der Waals surface area (Å²) in [6.07, 6.45) is 0. The van der Waals surface area contributed by atoms with Crippen molar-refractivity contribution in [1.29, 1.82) is 0 Å². The van der Waals surface area contributed by atoms with Gasteiger partial charge in [0.1, 0.15) is 5.82 Å². The van der Waals surface area contributed by atoms with Gasteiger partial charge in [-0.3, -0.25) is 9.69 Å². The Kier molecular flexibility index (Phi) is 5.45. The summed E-state index contributed by atoms with van der Waals surface area (Å²) in [7, 11) is 3.89. The van der Waals surface area contributed by atoms with Crippen molar-refractivity contribution < 1.29 is 9.21 Å². The second-order valence-electron chi connectivity index (χ2n) is 7.98. The lowest BCUT2D eigenvalue weighted by Crippen LogP contribution is -2.17. The van der Waals surface area contributed by atoms with E-state index in [2.05, 4.69) is 15.1 Å². The van der Waals surface area contributed by atoms with E-state index in [4.69, 9.17) is 16.6 Å². The molecule has 0 fully saturated rings. The quantitative estimate of drug-likeness (QED) is 0.281. The maximum absolute atomic E-state index is 12.8. The van der Waals surface area contributed by atoms with Gasteiger partial charge in [-0.15, -0.1) is 5.10 Å². The van der Waals surface area contributed by atoms with E-state index in [9.17, 15) is 4.79 Å². The second-order valence-corrected chi connectivity index (χ2v) is 8.33. The van der Waals surface area contributed by atoms with Crippen LogP contribution in [0.25, 0.3) is 33.9 Å². The third kappa shape index (κ3) is 4.26. The first kappa shape index (κ1) is 21.0. The molecule has 0 bridgehead atoms. The van der Waals surface area contributed by atoms with Gasteiger partial charge in [0.25, 0.3) is 4.84 Å². The monoisotopic (exact) mass is 455 g/mol. The lowest BCUT2D eigenvalue weighted by molar-refractivity contribution is 0.103. The van der Waals surface area contributed by atoms with Crippen LogP contribution >= 0.6 is 12.2 Å². The molecule has 0 amide bonds. The molecule has 0 spiro atoms. The third-order valence-electron chi connectivity index (χ3n) is 5.21. The molecular weight excluding hydrogens is 434 g/mol. The Hall–Kier alpha value is -3.88. The van der Waals surface area contributed by atoms with Crippen LogP contribution in [-0.4, -0.2) is 44.5 Å². The molecule has 0 saturated heterocycles. The minimum absolute atomic E-state index is 0.0171. The molecule has 2 heterocycles. The molecule has 5 aromatic rings. The number of rotatable bonds is 6. The van der Waals surface area contributed by atoms with Crippen LogP contribution in [0.1, 0.15) is 15.9 Å². The predicted molar refractivity (Wildman–Crippen MR) is 129 cm³/mol. The number of aromatic amines is 1. The molecule has 0 aliphatic rings. The van der Waals surface area contributed by atoms with E-state index in [0.717, 1.165) is 28.0 Å². The lowest BCUT2D eigenvalue weighted by atomic mass is 10.0. The smallest absolute Gasteiger partial charge is 0.288 e. The Bertz CT molecular complexity index is 1500. The summed E-state index contributed by atoms with van der Waals surface area (Å²) in [4.78, 5) is 23.1. The van der Waals surface area contributed by atoms with E-state index in [0.29, 0.717) is 28.5 Å². The SMILES string of the molecule is CN(C)Cn1nc(-c2ccc(-c3nc4ccc(C(=O)c5ccccc5)cc4[nH]3)cc2)oc1=S. The zero-order chi connectivity index (χ0) is 22.9. The average molecular weight is 456 g/mol. The van der Waals surface area contributed by atoms with Crippen molar-refractivity contribution in [3.8, 4) is 22.8 Å². The van der Waals surface area contributed by atoms with Gasteiger partial charge in [-0.05, 0) is 56.6 Å². The molecule has 0 atom stereocenters. The van der Waals surface area contributed by atoms with Crippen LogP contribution in [0.5, 0.6) is 0 Å². The number of fused-ring (bicyclic) bond motifs is 1. The lowest BCUT2D eigenvalue weighted by Gasteiger charge is -2.07. The summed E-state index contributed by atoms with van der Waals surface area (Å²) in [5, 5.41) is 4.46. The normalized spacial score (nSPS) is 11.4. The Morgan fingerprint density at radius 3 is 2.45 bits per heavy atom. The Morgan fingerprint density at radius 1 is 1.00 bits per heavy atom. The van der Waals surface area contributed by atoms with Gasteiger partial charge >= 0.3 is 0 Å². The van der Waals surface area contributed by atoms with Crippen molar-refractivity contribution >= 4 is 29.0 Å². The minimum atomic E-state index is -0.0171. The molecule has 8 heteroatoms. The second kappa shape index (κ2) is 8.57. The molecule has 33 heavy (non-hydrogen) atoms. The number of benzene rings is 3. The summed E-state index contributed by atoms with van der Waals surface area (Å²) in [5.41, 5.74) is 4.63. The van der Waals surface area contributed by atoms with Crippen molar-refractivity contribution in [2.45, 2.75) is 6.67 Å². The van der Waals surface area contributed by atoms with E-state index in [1.165, 1.54) is 0 Å². The van der Waals surface area contributed by atoms with Gasteiger partial charge < -0.3 is 9.40 Å². The minimum Gasteiger partial charge on any atom is -0.409 e. The first-order chi connectivity index (χ1) is 16.0. The number of hydrogen-bond acceptors (Lipinski definition) is 6. The molecule has 5 rings (SSSR count). The number of ketones is 1. The van der Waals surface area contributed by atoms with Crippen molar-refractivity contribution in [1.82, 2.24) is 24.6 Å². The molecule has 0 saturated carbocycles. The Labute approximate surface area is 195 Å². The molecule has 7 nitrogen and oxygen atoms in total. The van der Waals surface area contributed by atoms with Crippen molar-refractivity contribution in [2.75, 3.05) is 14.1 Å². The van der Waals surface area contributed by atoms with Gasteiger partial charge in [0.2, 0.25) is 5.89 Å². The van der Waals surface area contributed by atoms with Crippen molar-refractivity contribution in [3.05, 3.63) is 88.8 Å². The fraction of sp³-hybridized carbons (Fsp3) is 0.120. The molecule has 1 N–H and O–H groups in total. The van der Waals surface area contributed by atoms with E-state index < -0.39 is 0 Å². The topological polar surface area (TPSA) is 80.0 Å². The molecule has 0 unspecified atom stereocenters. The summed E-state index contributed by atoms with van der Waals surface area (Å²) < 4.78 is 7.30. The number of imidazole rings is 1. The van der Waals surface area contributed by atoms with Crippen LogP contribution < -0.4 is 0 Å². The van der Waals surface area contributed by atoms with Crippen LogP contribution in [0.3, 0.4) is 0 Å². The number of carbonyl (C=O) groups excluding carboxylic acids is 1. The van der Waals surface area contributed by atoms with Gasteiger partial charge in [0, 0.05) is 22.3 Å². The number of aromatic nitrogens is 4. The van der Waals surface area contributed by atoms with Crippen LogP contribution in [0, 0.1) is 4.84 Å². The Morgan fingerprint density at radius 2 is 1.73 bits per heavy atom. The molecule has 3 aromatic carbocycles. The van der Waals surface area contributed by atoms with E-state index in [1.54, 1.807) is 4.68 Å². The predicted octanol–water partition coefficient (Wildman–Crippen LogP) is 5.17. The van der Waals surface area contributed by atoms with Crippen LogP contribution in [-0.2, 0) is 6.67 Å². The van der Waals surface area contributed by atoms with Crippen molar-refractivity contribution in [3.63, 3.8) is 0 Å². The number of nitrogens with one attached hydrogen (secondary N) is 1. The van der Waals surface area contributed by atoms with Gasteiger partial charge in [-0.25, -0.2) is 9.67 Å². The van der Waals surface area contributed by atoms with Gasteiger partial charge in [0.15, 0.2) is 5.78 Å². The first-order valence-corrected chi connectivity index (χ1v) is 10.8. The molecular formula is C25H21N5O2S. The molecule has 0 aliphatic heterocycles. The van der Waals surface area contributed by atoms with E-state index in [-0.39, 0.29) is 5.78 Å². The highest BCUT2D eigenvalue weighted by molar-refractivity contribution is 7.71. The zero-order valence-corrected chi connectivity index (χ0v) is 19.0. The molecule has 0 radical (unpaired) electrons. The fourth-order valence-corrected chi connectivity index (χ4v) is 3.77. The van der Waals surface area contributed by atoms with Crippen LogP contribution in [0.4, 0.5) is 0 Å².